The van der Waals surface area contributed by atoms with Crippen LogP contribution in [0.5, 0.6) is 0 Å². The van der Waals surface area contributed by atoms with Gasteiger partial charge in [-0.15, -0.1) is 0 Å². The number of aldehydes is 1. The van der Waals surface area contributed by atoms with Gasteiger partial charge in [-0.2, -0.15) is 0 Å². The summed E-state index contributed by atoms with van der Waals surface area (Å²) in [4.78, 5) is 21.8. The summed E-state index contributed by atoms with van der Waals surface area (Å²) in [5.74, 6) is -0.396. The predicted octanol–water partition coefficient (Wildman–Crippen LogP) is 1.34. The number of nitrogens with zero attached hydrogens (tertiary/aromatic N) is 1. The minimum absolute atomic E-state index is 0.0559. The zero-order valence-corrected chi connectivity index (χ0v) is 7.81. The molecule has 0 unspecified atom stereocenters. The van der Waals surface area contributed by atoms with Crippen LogP contribution in [0, 0.1) is 5.82 Å². The highest BCUT2D eigenvalue weighted by atomic mass is 19.1. The molecule has 1 aromatic carbocycles. The summed E-state index contributed by atoms with van der Waals surface area (Å²) in [5, 5.41) is 0.346. The third-order valence-corrected chi connectivity index (χ3v) is 2.24. The van der Waals surface area contributed by atoms with E-state index in [1.54, 1.807) is 6.07 Å². The van der Waals surface area contributed by atoms with Gasteiger partial charge in [0.05, 0.1) is 12.1 Å². The Kier molecular flexibility index (Phi) is 2.33. The van der Waals surface area contributed by atoms with Crippen molar-refractivity contribution in [2.75, 3.05) is 0 Å². The van der Waals surface area contributed by atoms with E-state index in [9.17, 15) is 14.0 Å². The van der Waals surface area contributed by atoms with Gasteiger partial charge in [0.2, 0.25) is 0 Å². The molecule has 2 aromatic rings. The van der Waals surface area contributed by atoms with Crippen LogP contribution in [0.4, 0.5) is 4.39 Å². The van der Waals surface area contributed by atoms with Crippen molar-refractivity contribution >= 4 is 17.2 Å². The molecule has 1 aromatic heterocycles. The number of carbonyl (C=O) groups is 1. The Labute approximate surface area is 84.8 Å². The van der Waals surface area contributed by atoms with E-state index in [-0.39, 0.29) is 12.1 Å². The lowest BCUT2D eigenvalue weighted by Gasteiger charge is -2.06. The topological polar surface area (TPSA) is 39.1 Å². The first-order valence-electron chi connectivity index (χ1n) is 4.46. The van der Waals surface area contributed by atoms with Crippen molar-refractivity contribution in [1.29, 1.82) is 0 Å². The summed E-state index contributed by atoms with van der Waals surface area (Å²) in [6.45, 7) is -0.0559. The molecule has 0 fully saturated rings. The van der Waals surface area contributed by atoms with Crippen molar-refractivity contribution in [2.24, 2.45) is 0 Å². The summed E-state index contributed by atoms with van der Waals surface area (Å²) in [7, 11) is 0. The molecule has 0 atom stereocenters. The molecule has 0 amide bonds. The number of pyridine rings is 1. The number of benzene rings is 1. The number of halogens is 1. The van der Waals surface area contributed by atoms with Crippen molar-refractivity contribution < 1.29 is 9.18 Å². The summed E-state index contributed by atoms with van der Waals surface area (Å²) in [5.41, 5.74) is 0.134. The minimum atomic E-state index is -0.396. The molecule has 0 aliphatic carbocycles. The molecule has 15 heavy (non-hydrogen) atoms. The van der Waals surface area contributed by atoms with Crippen LogP contribution < -0.4 is 5.56 Å². The Hall–Kier alpha value is -1.97. The first-order chi connectivity index (χ1) is 7.24. The Morgan fingerprint density at radius 3 is 2.80 bits per heavy atom. The van der Waals surface area contributed by atoms with Gasteiger partial charge in [0.1, 0.15) is 12.1 Å². The molecule has 1 heterocycles. The molecular weight excluding hydrogens is 197 g/mol. The number of fused-ring (bicyclic) bond motifs is 1. The second-order valence-electron chi connectivity index (χ2n) is 3.12. The summed E-state index contributed by atoms with van der Waals surface area (Å²) in [6.07, 6.45) is 0.617. The molecule has 4 heteroatoms. The molecule has 0 spiro atoms. The number of aromatic nitrogens is 1. The van der Waals surface area contributed by atoms with Crippen molar-refractivity contribution in [1.82, 2.24) is 4.57 Å². The van der Waals surface area contributed by atoms with Crippen LogP contribution >= 0.6 is 0 Å². The van der Waals surface area contributed by atoms with E-state index >= 15 is 0 Å². The van der Waals surface area contributed by atoms with Gasteiger partial charge in [0.25, 0.3) is 5.56 Å². The van der Waals surface area contributed by atoms with Crippen LogP contribution in [0.25, 0.3) is 10.9 Å². The highest BCUT2D eigenvalue weighted by molar-refractivity contribution is 5.80. The fourth-order valence-corrected chi connectivity index (χ4v) is 1.55. The van der Waals surface area contributed by atoms with Gasteiger partial charge >= 0.3 is 0 Å². The molecule has 2 rings (SSSR count). The van der Waals surface area contributed by atoms with Crippen LogP contribution in [-0.4, -0.2) is 10.9 Å². The molecule has 76 valence electrons. The van der Waals surface area contributed by atoms with Gasteiger partial charge in [-0.3, -0.25) is 4.79 Å². The Bertz CT molecular complexity index is 574. The zero-order chi connectivity index (χ0) is 10.8. The van der Waals surface area contributed by atoms with Crippen molar-refractivity contribution in [3.05, 3.63) is 46.5 Å². The van der Waals surface area contributed by atoms with Crippen LogP contribution in [0.2, 0.25) is 0 Å². The molecule has 0 bridgehead atoms. The second-order valence-corrected chi connectivity index (χ2v) is 3.12. The maximum absolute atomic E-state index is 13.3. The largest absolute Gasteiger partial charge is 0.301 e. The lowest BCUT2D eigenvalue weighted by molar-refractivity contribution is -0.108. The van der Waals surface area contributed by atoms with E-state index in [0.29, 0.717) is 17.2 Å². The highest BCUT2D eigenvalue weighted by Crippen LogP contribution is 2.15. The summed E-state index contributed by atoms with van der Waals surface area (Å²) in [6, 6.07) is 7.13. The third kappa shape index (κ3) is 1.54. The maximum Gasteiger partial charge on any atom is 0.251 e. The van der Waals surface area contributed by atoms with Gasteiger partial charge < -0.3 is 9.36 Å². The number of hydrogen-bond donors (Lipinski definition) is 0. The SMILES string of the molecule is O=CCn1c(=O)ccc2c(F)cccc21. The Morgan fingerprint density at radius 1 is 1.27 bits per heavy atom. The van der Waals surface area contributed by atoms with E-state index in [1.165, 1.54) is 28.8 Å². The molecule has 0 radical (unpaired) electrons. The summed E-state index contributed by atoms with van der Waals surface area (Å²) >= 11 is 0. The molecule has 0 N–H and O–H groups in total. The van der Waals surface area contributed by atoms with E-state index in [0.717, 1.165) is 0 Å². The fourth-order valence-electron chi connectivity index (χ4n) is 1.55. The van der Waals surface area contributed by atoms with Gasteiger partial charge in [-0.1, -0.05) is 6.07 Å². The molecular formula is C11H8FNO2. The van der Waals surface area contributed by atoms with E-state index in [1.807, 2.05) is 0 Å². The molecule has 0 aliphatic rings. The minimum Gasteiger partial charge on any atom is -0.301 e. The van der Waals surface area contributed by atoms with Gasteiger partial charge in [0.15, 0.2) is 0 Å². The van der Waals surface area contributed by atoms with E-state index in [2.05, 4.69) is 0 Å². The average molecular weight is 205 g/mol. The van der Waals surface area contributed by atoms with Crippen molar-refractivity contribution in [3.8, 4) is 0 Å². The first kappa shape index (κ1) is 9.58. The molecule has 0 saturated carbocycles. The van der Waals surface area contributed by atoms with Crippen molar-refractivity contribution in [3.63, 3.8) is 0 Å². The predicted molar refractivity (Wildman–Crippen MR) is 54.2 cm³/mol. The quantitative estimate of drug-likeness (QED) is 0.694. The maximum atomic E-state index is 13.3. The van der Waals surface area contributed by atoms with Gasteiger partial charge in [-0.05, 0) is 18.2 Å². The second kappa shape index (κ2) is 3.65. The van der Waals surface area contributed by atoms with Crippen LogP contribution in [-0.2, 0) is 11.3 Å². The van der Waals surface area contributed by atoms with Gasteiger partial charge in [-0.25, -0.2) is 4.39 Å². The molecule has 3 nitrogen and oxygen atoms in total. The highest BCUT2D eigenvalue weighted by Gasteiger charge is 2.05. The third-order valence-electron chi connectivity index (χ3n) is 2.24. The lowest BCUT2D eigenvalue weighted by atomic mass is 10.2. The van der Waals surface area contributed by atoms with Crippen molar-refractivity contribution in [2.45, 2.75) is 6.54 Å². The number of carbonyl (C=O) groups excluding carboxylic acids is 1. The van der Waals surface area contributed by atoms with Crippen LogP contribution in [0.3, 0.4) is 0 Å². The monoisotopic (exact) mass is 205 g/mol. The number of hydrogen-bond acceptors (Lipinski definition) is 2. The first-order valence-corrected chi connectivity index (χ1v) is 4.46. The smallest absolute Gasteiger partial charge is 0.251 e. The van der Waals surface area contributed by atoms with E-state index < -0.39 is 5.82 Å². The van der Waals surface area contributed by atoms with Crippen LogP contribution in [0.1, 0.15) is 0 Å². The Morgan fingerprint density at radius 2 is 2.07 bits per heavy atom. The standard InChI is InChI=1S/C11H8FNO2/c12-9-2-1-3-10-8(9)4-5-11(15)13(10)6-7-14/h1-5,7H,6H2. The van der Waals surface area contributed by atoms with Gasteiger partial charge in [0, 0.05) is 11.5 Å². The van der Waals surface area contributed by atoms with E-state index in [4.69, 9.17) is 0 Å². The molecule has 0 aliphatic heterocycles. The average Bonchev–Trinajstić information content (AvgIpc) is 2.23. The molecule has 0 saturated heterocycles. The number of rotatable bonds is 2. The van der Waals surface area contributed by atoms with Crippen LogP contribution in [0.15, 0.2) is 35.1 Å². The normalized spacial score (nSPS) is 10.5. The zero-order valence-electron chi connectivity index (χ0n) is 7.81. The Balaban J connectivity index is 2.87. The summed E-state index contributed by atoms with van der Waals surface area (Å²) < 4.78 is 14.6. The fraction of sp³-hybridized carbons (Fsp3) is 0.0909. The lowest BCUT2D eigenvalue weighted by Crippen LogP contribution is -2.20.